The van der Waals surface area contributed by atoms with Gasteiger partial charge < -0.3 is 10.1 Å². The number of nitrogens with one attached hydrogen (secondary N) is 2. The lowest BCUT2D eigenvalue weighted by Crippen LogP contribution is -2.17. The smallest absolute Gasteiger partial charge is 0.0961 e. The Bertz CT molecular complexity index is 61.9. The maximum absolute atomic E-state index is 4.78. The number of rotatable bonds is 7. The molecular formula is C10H26N2O. The molecule has 0 aromatic rings. The molecule has 0 saturated heterocycles. The Morgan fingerprint density at radius 2 is 1.62 bits per heavy atom. The third-order valence-electron chi connectivity index (χ3n) is 1.45. The van der Waals surface area contributed by atoms with Gasteiger partial charge in [-0.05, 0) is 26.1 Å². The molecule has 0 spiro atoms. The second-order valence-electron chi connectivity index (χ2n) is 2.74. The molecular weight excluding hydrogens is 164 g/mol. The first-order chi connectivity index (χ1) is 6.33. The highest BCUT2D eigenvalue weighted by molar-refractivity contribution is 4.37. The summed E-state index contributed by atoms with van der Waals surface area (Å²) in [6.45, 7) is 10.3. The molecule has 0 radical (unpaired) electrons. The van der Waals surface area contributed by atoms with Crippen LogP contribution < -0.4 is 10.6 Å². The van der Waals surface area contributed by atoms with Crippen molar-refractivity contribution in [3.63, 3.8) is 0 Å². The Balaban J connectivity index is 0. The van der Waals surface area contributed by atoms with Gasteiger partial charge in [0.2, 0.25) is 0 Å². The molecule has 0 amide bonds. The quantitative estimate of drug-likeness (QED) is 0.472. The van der Waals surface area contributed by atoms with Gasteiger partial charge in [-0.15, -0.1) is 0 Å². The van der Waals surface area contributed by atoms with Crippen molar-refractivity contribution < 1.29 is 4.74 Å². The maximum Gasteiger partial charge on any atom is 0.0961 e. The molecule has 82 valence electrons. The molecule has 0 heterocycles. The van der Waals surface area contributed by atoms with E-state index in [1.165, 1.54) is 12.8 Å². The summed E-state index contributed by atoms with van der Waals surface area (Å²) in [7, 11) is 1.69. The second-order valence-corrected chi connectivity index (χ2v) is 2.74. The van der Waals surface area contributed by atoms with Gasteiger partial charge in [-0.1, -0.05) is 27.2 Å². The van der Waals surface area contributed by atoms with Crippen molar-refractivity contribution in [1.82, 2.24) is 10.6 Å². The van der Waals surface area contributed by atoms with Crippen LogP contribution in [0.1, 0.15) is 33.6 Å². The average molecular weight is 190 g/mol. The van der Waals surface area contributed by atoms with Crippen LogP contribution in [0.25, 0.3) is 0 Å². The van der Waals surface area contributed by atoms with Crippen molar-refractivity contribution in [3.05, 3.63) is 0 Å². The third-order valence-corrected chi connectivity index (χ3v) is 1.45. The highest BCUT2D eigenvalue weighted by atomic mass is 16.5. The number of unbranched alkanes of at least 4 members (excludes halogenated alkanes) is 1. The summed E-state index contributed by atoms with van der Waals surface area (Å²) in [6, 6.07) is 0. The summed E-state index contributed by atoms with van der Waals surface area (Å²) < 4.78 is 4.78. The minimum Gasteiger partial charge on any atom is -0.370 e. The summed E-state index contributed by atoms with van der Waals surface area (Å²) in [5, 5.41) is 6.22. The number of hydrogen-bond acceptors (Lipinski definition) is 3. The first-order valence-electron chi connectivity index (χ1n) is 5.23. The first-order valence-corrected chi connectivity index (χ1v) is 5.23. The van der Waals surface area contributed by atoms with E-state index in [0.717, 1.165) is 19.6 Å². The van der Waals surface area contributed by atoms with E-state index in [1.807, 2.05) is 0 Å². The highest BCUT2D eigenvalue weighted by Gasteiger charge is 1.80. The van der Waals surface area contributed by atoms with Crippen LogP contribution in [0, 0.1) is 0 Å². The van der Waals surface area contributed by atoms with E-state index >= 15 is 0 Å². The summed E-state index contributed by atoms with van der Waals surface area (Å²) in [5.74, 6) is 0. The molecule has 0 fully saturated rings. The Kier molecular flexibility index (Phi) is 21.1. The molecule has 0 aromatic heterocycles. The summed E-state index contributed by atoms with van der Waals surface area (Å²) in [4.78, 5) is 0. The number of hydrogen-bond donors (Lipinski definition) is 2. The van der Waals surface area contributed by atoms with Gasteiger partial charge in [0.15, 0.2) is 0 Å². The minimum absolute atomic E-state index is 0.681. The van der Waals surface area contributed by atoms with Gasteiger partial charge in [0.25, 0.3) is 0 Å². The zero-order valence-electron chi connectivity index (χ0n) is 9.65. The Morgan fingerprint density at radius 3 is 1.92 bits per heavy atom. The molecule has 0 atom stereocenters. The van der Waals surface area contributed by atoms with E-state index in [0.29, 0.717) is 6.73 Å². The van der Waals surface area contributed by atoms with Crippen LogP contribution in [0.5, 0.6) is 0 Å². The summed E-state index contributed by atoms with van der Waals surface area (Å²) in [5.41, 5.74) is 0. The third kappa shape index (κ3) is 24.5. The lowest BCUT2D eigenvalue weighted by molar-refractivity contribution is 0.175. The second kappa shape index (κ2) is 17.8. The van der Waals surface area contributed by atoms with Gasteiger partial charge in [0, 0.05) is 7.11 Å². The van der Waals surface area contributed by atoms with Gasteiger partial charge in [-0.25, -0.2) is 0 Å². The molecule has 13 heavy (non-hydrogen) atoms. The number of methoxy groups -OCH3 is 1. The Morgan fingerprint density at radius 1 is 1.00 bits per heavy atom. The van der Waals surface area contributed by atoms with Gasteiger partial charge in [0.1, 0.15) is 0 Å². The predicted molar refractivity (Wildman–Crippen MR) is 59.0 cm³/mol. The van der Waals surface area contributed by atoms with Crippen molar-refractivity contribution in [2.75, 3.05) is 33.5 Å². The number of ether oxygens (including phenoxy) is 1. The van der Waals surface area contributed by atoms with Gasteiger partial charge in [0.05, 0.1) is 6.73 Å². The Hall–Kier alpha value is -0.120. The van der Waals surface area contributed by atoms with Crippen molar-refractivity contribution in [2.45, 2.75) is 33.6 Å². The van der Waals surface area contributed by atoms with Crippen molar-refractivity contribution in [1.29, 1.82) is 0 Å². The van der Waals surface area contributed by atoms with Crippen molar-refractivity contribution in [3.8, 4) is 0 Å². The van der Waals surface area contributed by atoms with E-state index in [2.05, 4.69) is 31.4 Å². The van der Waals surface area contributed by atoms with Crippen LogP contribution in [0.4, 0.5) is 0 Å². The van der Waals surface area contributed by atoms with E-state index in [1.54, 1.807) is 7.11 Å². The molecule has 2 N–H and O–H groups in total. The molecule has 0 rings (SSSR count). The largest absolute Gasteiger partial charge is 0.370 e. The molecule has 0 saturated carbocycles. The van der Waals surface area contributed by atoms with Crippen LogP contribution in [0.15, 0.2) is 0 Å². The maximum atomic E-state index is 4.78. The lowest BCUT2D eigenvalue weighted by Gasteiger charge is -1.99. The lowest BCUT2D eigenvalue weighted by atomic mass is 10.3. The first kappa shape index (κ1) is 15.4. The minimum atomic E-state index is 0.681. The zero-order chi connectivity index (χ0) is 10.4. The SMILES string of the molecule is CCCCNCOC.CCNCC. The Labute approximate surface area is 83.2 Å². The fourth-order valence-electron chi connectivity index (χ4n) is 0.726. The topological polar surface area (TPSA) is 33.3 Å². The van der Waals surface area contributed by atoms with E-state index < -0.39 is 0 Å². The molecule has 0 aliphatic heterocycles. The molecule has 0 aromatic carbocycles. The van der Waals surface area contributed by atoms with E-state index in [4.69, 9.17) is 4.74 Å². The molecule has 3 heteroatoms. The van der Waals surface area contributed by atoms with Crippen LogP contribution >= 0.6 is 0 Å². The van der Waals surface area contributed by atoms with Crippen molar-refractivity contribution in [2.24, 2.45) is 0 Å². The fourth-order valence-corrected chi connectivity index (χ4v) is 0.726. The van der Waals surface area contributed by atoms with E-state index in [9.17, 15) is 0 Å². The van der Waals surface area contributed by atoms with Gasteiger partial charge in [-0.3, -0.25) is 5.32 Å². The normalized spacial score (nSPS) is 9.23. The van der Waals surface area contributed by atoms with Gasteiger partial charge in [-0.2, -0.15) is 0 Å². The van der Waals surface area contributed by atoms with Gasteiger partial charge >= 0.3 is 0 Å². The zero-order valence-corrected chi connectivity index (χ0v) is 9.65. The molecule has 0 bridgehead atoms. The molecule has 0 aliphatic carbocycles. The monoisotopic (exact) mass is 190 g/mol. The van der Waals surface area contributed by atoms with Crippen LogP contribution in [0.2, 0.25) is 0 Å². The van der Waals surface area contributed by atoms with Crippen LogP contribution in [-0.4, -0.2) is 33.5 Å². The average Bonchev–Trinajstić information content (AvgIpc) is 2.15. The molecule has 0 aliphatic rings. The highest BCUT2D eigenvalue weighted by Crippen LogP contribution is 1.80. The molecule has 0 unspecified atom stereocenters. The fraction of sp³-hybridized carbons (Fsp3) is 1.00. The molecule has 3 nitrogen and oxygen atoms in total. The van der Waals surface area contributed by atoms with Crippen LogP contribution in [0.3, 0.4) is 0 Å². The standard InChI is InChI=1S/C6H15NO.C4H11N/c1-3-4-5-7-6-8-2;1-3-5-4-2/h7H,3-6H2,1-2H3;5H,3-4H2,1-2H3. The summed E-state index contributed by atoms with van der Waals surface area (Å²) >= 11 is 0. The van der Waals surface area contributed by atoms with Crippen LogP contribution in [-0.2, 0) is 4.74 Å². The summed E-state index contributed by atoms with van der Waals surface area (Å²) in [6.07, 6.45) is 2.49. The van der Waals surface area contributed by atoms with Crippen molar-refractivity contribution >= 4 is 0 Å². The van der Waals surface area contributed by atoms with E-state index in [-0.39, 0.29) is 0 Å². The predicted octanol–water partition coefficient (Wildman–Crippen LogP) is 1.60.